The smallest absolute Gasteiger partial charge is 0.0537 e. The molecule has 0 amide bonds. The Hall–Kier alpha value is -0.830. The molecule has 0 bridgehead atoms. The molecule has 0 radical (unpaired) electrons. The van der Waals surface area contributed by atoms with Crippen molar-refractivity contribution in [2.24, 2.45) is 5.41 Å². The molecule has 1 aromatic heterocycles. The average Bonchev–Trinajstić information content (AvgIpc) is 3.05. The molecule has 0 aromatic carbocycles. The fourth-order valence-corrected chi connectivity index (χ4v) is 3.52. The number of aromatic nitrogens is 2. The zero-order chi connectivity index (χ0) is 13.0. The summed E-state index contributed by atoms with van der Waals surface area (Å²) < 4.78 is 2.04. The summed E-state index contributed by atoms with van der Waals surface area (Å²) in [4.78, 5) is 0. The van der Waals surface area contributed by atoms with Crippen molar-refractivity contribution in [2.75, 3.05) is 6.54 Å². The SMILES string of the molecule is CCNC(c1cnn(CC)c1)C1(CC)CCCC1. The van der Waals surface area contributed by atoms with E-state index in [0.29, 0.717) is 11.5 Å². The van der Waals surface area contributed by atoms with Gasteiger partial charge in [-0.1, -0.05) is 26.7 Å². The maximum atomic E-state index is 4.45. The zero-order valence-corrected chi connectivity index (χ0v) is 12.1. The summed E-state index contributed by atoms with van der Waals surface area (Å²) in [6.45, 7) is 8.68. The Balaban J connectivity index is 2.26. The Morgan fingerprint density at radius 1 is 1.33 bits per heavy atom. The Bertz CT molecular complexity index is 364. The molecule has 3 heteroatoms. The predicted octanol–water partition coefficient (Wildman–Crippen LogP) is 3.52. The number of nitrogens with one attached hydrogen (secondary N) is 1. The molecule has 1 atom stereocenters. The van der Waals surface area contributed by atoms with Gasteiger partial charge in [0.1, 0.15) is 0 Å². The van der Waals surface area contributed by atoms with Crippen molar-refractivity contribution >= 4 is 0 Å². The van der Waals surface area contributed by atoms with E-state index in [2.05, 4.69) is 43.6 Å². The molecular formula is C15H27N3. The predicted molar refractivity (Wildman–Crippen MR) is 75.5 cm³/mol. The molecular weight excluding hydrogens is 222 g/mol. The second-order valence-corrected chi connectivity index (χ2v) is 5.54. The van der Waals surface area contributed by atoms with E-state index >= 15 is 0 Å². The fraction of sp³-hybridized carbons (Fsp3) is 0.800. The van der Waals surface area contributed by atoms with Gasteiger partial charge in [-0.15, -0.1) is 0 Å². The number of rotatable bonds is 6. The van der Waals surface area contributed by atoms with Crippen LogP contribution >= 0.6 is 0 Å². The standard InChI is InChI=1S/C15H27N3/c1-4-15(9-7-8-10-15)14(16-5-2)13-11-17-18(6-3)12-13/h11-12,14,16H,4-10H2,1-3H3. The van der Waals surface area contributed by atoms with Crippen molar-refractivity contribution in [3.8, 4) is 0 Å². The molecule has 1 aliphatic rings. The highest BCUT2D eigenvalue weighted by Gasteiger charge is 2.40. The molecule has 3 nitrogen and oxygen atoms in total. The second kappa shape index (κ2) is 5.87. The molecule has 0 spiro atoms. The van der Waals surface area contributed by atoms with Gasteiger partial charge in [0.2, 0.25) is 0 Å². The highest BCUT2D eigenvalue weighted by atomic mass is 15.3. The van der Waals surface area contributed by atoms with Gasteiger partial charge in [-0.05, 0) is 38.1 Å². The van der Waals surface area contributed by atoms with Crippen LogP contribution < -0.4 is 5.32 Å². The van der Waals surface area contributed by atoms with Crippen molar-refractivity contribution in [1.29, 1.82) is 0 Å². The summed E-state index contributed by atoms with van der Waals surface area (Å²) in [7, 11) is 0. The summed E-state index contributed by atoms with van der Waals surface area (Å²) in [6, 6.07) is 0.482. The third-order valence-electron chi connectivity index (χ3n) is 4.63. The molecule has 1 saturated carbocycles. The fourth-order valence-electron chi connectivity index (χ4n) is 3.52. The first kappa shape index (κ1) is 13.6. The number of nitrogens with zero attached hydrogens (tertiary/aromatic N) is 2. The van der Waals surface area contributed by atoms with Crippen LogP contribution in [0.4, 0.5) is 0 Å². The van der Waals surface area contributed by atoms with Crippen molar-refractivity contribution in [3.63, 3.8) is 0 Å². The lowest BCUT2D eigenvalue weighted by atomic mass is 9.74. The van der Waals surface area contributed by atoms with E-state index in [-0.39, 0.29) is 0 Å². The van der Waals surface area contributed by atoms with Crippen LogP contribution in [-0.2, 0) is 6.54 Å². The van der Waals surface area contributed by atoms with Crippen LogP contribution in [0.1, 0.15) is 64.5 Å². The Kier molecular flexibility index (Phi) is 4.44. The lowest BCUT2D eigenvalue weighted by Gasteiger charge is -2.37. The van der Waals surface area contributed by atoms with E-state index in [1.54, 1.807) is 0 Å². The van der Waals surface area contributed by atoms with Gasteiger partial charge in [0.15, 0.2) is 0 Å². The first-order valence-corrected chi connectivity index (χ1v) is 7.51. The van der Waals surface area contributed by atoms with Crippen LogP contribution in [0.3, 0.4) is 0 Å². The van der Waals surface area contributed by atoms with Gasteiger partial charge in [-0.3, -0.25) is 4.68 Å². The molecule has 1 N–H and O–H groups in total. The van der Waals surface area contributed by atoms with Crippen LogP contribution in [-0.4, -0.2) is 16.3 Å². The molecule has 18 heavy (non-hydrogen) atoms. The van der Waals surface area contributed by atoms with E-state index < -0.39 is 0 Å². The Morgan fingerprint density at radius 2 is 2.06 bits per heavy atom. The van der Waals surface area contributed by atoms with E-state index in [1.165, 1.54) is 37.7 Å². The summed E-state index contributed by atoms with van der Waals surface area (Å²) in [5.41, 5.74) is 1.83. The largest absolute Gasteiger partial charge is 0.310 e. The lowest BCUT2D eigenvalue weighted by molar-refractivity contribution is 0.189. The van der Waals surface area contributed by atoms with Crippen LogP contribution in [0.2, 0.25) is 0 Å². The minimum Gasteiger partial charge on any atom is -0.310 e. The maximum Gasteiger partial charge on any atom is 0.0537 e. The third kappa shape index (κ3) is 2.46. The average molecular weight is 249 g/mol. The van der Waals surface area contributed by atoms with Gasteiger partial charge in [-0.25, -0.2) is 0 Å². The molecule has 1 fully saturated rings. The van der Waals surface area contributed by atoms with Crippen molar-refractivity contribution in [3.05, 3.63) is 18.0 Å². The monoisotopic (exact) mass is 249 g/mol. The summed E-state index contributed by atoms with van der Waals surface area (Å²) >= 11 is 0. The minimum absolute atomic E-state index is 0.456. The van der Waals surface area contributed by atoms with Crippen molar-refractivity contribution in [2.45, 2.75) is 65.5 Å². The first-order valence-electron chi connectivity index (χ1n) is 7.51. The quantitative estimate of drug-likeness (QED) is 0.836. The molecule has 1 aliphatic carbocycles. The van der Waals surface area contributed by atoms with Crippen molar-refractivity contribution < 1.29 is 0 Å². The highest BCUT2D eigenvalue weighted by molar-refractivity contribution is 5.16. The molecule has 1 heterocycles. The third-order valence-corrected chi connectivity index (χ3v) is 4.63. The molecule has 0 aliphatic heterocycles. The second-order valence-electron chi connectivity index (χ2n) is 5.54. The summed E-state index contributed by atoms with van der Waals surface area (Å²) in [5, 5.41) is 8.17. The lowest BCUT2D eigenvalue weighted by Crippen LogP contribution is -2.36. The van der Waals surface area contributed by atoms with Crippen LogP contribution in [0.5, 0.6) is 0 Å². The van der Waals surface area contributed by atoms with Crippen LogP contribution in [0, 0.1) is 5.41 Å². The van der Waals surface area contributed by atoms with Crippen LogP contribution in [0.15, 0.2) is 12.4 Å². The van der Waals surface area contributed by atoms with E-state index in [0.717, 1.165) is 13.1 Å². The maximum absolute atomic E-state index is 4.45. The van der Waals surface area contributed by atoms with E-state index in [1.807, 2.05) is 4.68 Å². The van der Waals surface area contributed by atoms with Gasteiger partial charge in [-0.2, -0.15) is 5.10 Å². The highest BCUT2D eigenvalue weighted by Crippen LogP contribution is 2.49. The van der Waals surface area contributed by atoms with Gasteiger partial charge >= 0.3 is 0 Å². The Morgan fingerprint density at radius 3 is 2.56 bits per heavy atom. The topological polar surface area (TPSA) is 29.9 Å². The molecule has 102 valence electrons. The van der Waals surface area contributed by atoms with Crippen LogP contribution in [0.25, 0.3) is 0 Å². The van der Waals surface area contributed by atoms with Gasteiger partial charge in [0, 0.05) is 24.3 Å². The van der Waals surface area contributed by atoms with E-state index in [9.17, 15) is 0 Å². The molecule has 0 saturated heterocycles. The molecule has 1 unspecified atom stereocenters. The van der Waals surface area contributed by atoms with Gasteiger partial charge in [0.25, 0.3) is 0 Å². The normalized spacial score (nSPS) is 20.2. The van der Waals surface area contributed by atoms with E-state index in [4.69, 9.17) is 0 Å². The van der Waals surface area contributed by atoms with Gasteiger partial charge in [0.05, 0.1) is 6.20 Å². The first-order chi connectivity index (χ1) is 8.75. The molecule has 2 rings (SSSR count). The summed E-state index contributed by atoms with van der Waals surface area (Å²) in [5.74, 6) is 0. The molecule has 1 aromatic rings. The summed E-state index contributed by atoms with van der Waals surface area (Å²) in [6.07, 6.45) is 11.0. The Labute approximate surface area is 111 Å². The zero-order valence-electron chi connectivity index (χ0n) is 12.1. The van der Waals surface area contributed by atoms with Crippen molar-refractivity contribution in [1.82, 2.24) is 15.1 Å². The van der Waals surface area contributed by atoms with Gasteiger partial charge < -0.3 is 5.32 Å². The number of hydrogen-bond acceptors (Lipinski definition) is 2. The number of aryl methyl sites for hydroxylation is 1. The minimum atomic E-state index is 0.456. The number of hydrogen-bond donors (Lipinski definition) is 1.